The quantitative estimate of drug-likeness (QED) is 0.729. The second-order valence-electron chi connectivity index (χ2n) is 10.4. The Morgan fingerprint density at radius 3 is 2.21 bits per heavy atom. The monoisotopic (exact) mass is 415 g/mol. The molecule has 1 N–H and O–H groups in total. The summed E-state index contributed by atoms with van der Waals surface area (Å²) < 4.78 is 25.7. The molecule has 0 atom stereocenters. The van der Waals surface area contributed by atoms with Crippen molar-refractivity contribution in [3.63, 3.8) is 0 Å². The summed E-state index contributed by atoms with van der Waals surface area (Å²) >= 11 is 0. The molecule has 0 radical (unpaired) electrons. The first-order chi connectivity index (χ1) is 13.9. The van der Waals surface area contributed by atoms with Gasteiger partial charge in [0.2, 0.25) is 5.91 Å². The predicted octanol–water partition coefficient (Wildman–Crippen LogP) is 5.09. The van der Waals surface area contributed by atoms with Crippen LogP contribution in [0.25, 0.3) is 0 Å². The van der Waals surface area contributed by atoms with Gasteiger partial charge in [0.25, 0.3) is 0 Å². The van der Waals surface area contributed by atoms with Crippen LogP contribution in [0.1, 0.15) is 76.2 Å². The molecule has 5 aliphatic rings. The van der Waals surface area contributed by atoms with Crippen molar-refractivity contribution < 1.29 is 13.2 Å². The van der Waals surface area contributed by atoms with Gasteiger partial charge in [-0.05, 0) is 86.8 Å². The molecule has 0 saturated heterocycles. The maximum Gasteiger partial charge on any atom is 0.230 e. The zero-order valence-electron chi connectivity index (χ0n) is 17.2. The minimum atomic E-state index is -3.13. The Balaban J connectivity index is 1.28. The van der Waals surface area contributed by atoms with Crippen molar-refractivity contribution in [2.24, 2.45) is 23.2 Å². The smallest absolute Gasteiger partial charge is 0.230 e. The third-order valence-electron chi connectivity index (χ3n) is 8.13. The van der Waals surface area contributed by atoms with E-state index < -0.39 is 9.84 Å². The second-order valence-corrected chi connectivity index (χ2v) is 12.7. The number of anilines is 1. The number of carbonyl (C=O) groups is 1. The van der Waals surface area contributed by atoms with Crippen LogP contribution >= 0.6 is 0 Å². The molecule has 0 unspecified atom stereocenters. The van der Waals surface area contributed by atoms with Crippen LogP contribution in [0.3, 0.4) is 0 Å². The molecule has 1 aromatic carbocycles. The number of benzene rings is 1. The SMILES string of the molecule is O=C(Nc1cccc(CS(=O)(=O)C2CCCCC2)c1)C12CC3CC(CC(C3)C1)C2. The lowest BCUT2D eigenvalue weighted by molar-refractivity contribution is -0.140. The highest BCUT2D eigenvalue weighted by Crippen LogP contribution is 2.60. The molecule has 4 nitrogen and oxygen atoms in total. The van der Waals surface area contributed by atoms with Crippen LogP contribution in [-0.4, -0.2) is 19.6 Å². The van der Waals surface area contributed by atoms with E-state index in [0.29, 0.717) is 0 Å². The molecule has 0 spiro atoms. The second kappa shape index (κ2) is 7.40. The van der Waals surface area contributed by atoms with Crippen molar-refractivity contribution >= 4 is 21.4 Å². The first kappa shape index (κ1) is 19.6. The van der Waals surface area contributed by atoms with Gasteiger partial charge in [0.05, 0.1) is 16.4 Å². The number of carbonyl (C=O) groups excluding carboxylic acids is 1. The van der Waals surface area contributed by atoms with Gasteiger partial charge in [-0.2, -0.15) is 0 Å². The van der Waals surface area contributed by atoms with Gasteiger partial charge in [0.1, 0.15) is 0 Å². The largest absolute Gasteiger partial charge is 0.326 e. The van der Waals surface area contributed by atoms with Crippen LogP contribution in [0, 0.1) is 23.2 Å². The summed E-state index contributed by atoms with van der Waals surface area (Å²) in [7, 11) is -3.13. The lowest BCUT2D eigenvalue weighted by Crippen LogP contribution is -2.51. The van der Waals surface area contributed by atoms with E-state index in [9.17, 15) is 13.2 Å². The van der Waals surface area contributed by atoms with Gasteiger partial charge in [-0.1, -0.05) is 31.4 Å². The molecule has 5 aliphatic carbocycles. The van der Waals surface area contributed by atoms with E-state index >= 15 is 0 Å². The number of rotatable bonds is 5. The van der Waals surface area contributed by atoms with Gasteiger partial charge in [-0.15, -0.1) is 0 Å². The normalized spacial score (nSPS) is 34.3. The van der Waals surface area contributed by atoms with Crippen LogP contribution in [0.15, 0.2) is 24.3 Å². The molecule has 158 valence electrons. The zero-order chi connectivity index (χ0) is 20.1. The summed E-state index contributed by atoms with van der Waals surface area (Å²) in [5.74, 6) is 2.46. The molecule has 5 saturated carbocycles. The molecule has 1 aromatic rings. The first-order valence-electron chi connectivity index (χ1n) is 11.5. The van der Waals surface area contributed by atoms with Crippen LogP contribution in [-0.2, 0) is 20.4 Å². The Bertz CT molecular complexity index is 850. The number of hydrogen-bond donors (Lipinski definition) is 1. The maximum atomic E-state index is 13.3. The Morgan fingerprint density at radius 2 is 1.59 bits per heavy atom. The Labute approximate surface area is 174 Å². The van der Waals surface area contributed by atoms with E-state index in [2.05, 4.69) is 5.32 Å². The lowest BCUT2D eigenvalue weighted by Gasteiger charge is -2.55. The summed E-state index contributed by atoms with van der Waals surface area (Å²) in [6, 6.07) is 7.52. The van der Waals surface area contributed by atoms with Crippen molar-refractivity contribution in [3.8, 4) is 0 Å². The Morgan fingerprint density at radius 1 is 0.966 bits per heavy atom. The molecular weight excluding hydrogens is 382 g/mol. The minimum Gasteiger partial charge on any atom is -0.326 e. The molecule has 29 heavy (non-hydrogen) atoms. The molecule has 6 rings (SSSR count). The summed E-state index contributed by atoms with van der Waals surface area (Å²) in [5.41, 5.74) is 1.36. The number of nitrogens with one attached hydrogen (secondary N) is 1. The highest BCUT2D eigenvalue weighted by molar-refractivity contribution is 7.91. The van der Waals surface area contributed by atoms with Gasteiger partial charge in [-0.25, -0.2) is 8.42 Å². The summed E-state index contributed by atoms with van der Waals surface area (Å²) in [6.45, 7) is 0. The highest BCUT2D eigenvalue weighted by atomic mass is 32.2. The van der Waals surface area contributed by atoms with Crippen molar-refractivity contribution in [1.29, 1.82) is 0 Å². The molecule has 0 aromatic heterocycles. The molecule has 1 amide bonds. The Hall–Kier alpha value is -1.36. The number of hydrogen-bond acceptors (Lipinski definition) is 3. The molecule has 4 bridgehead atoms. The lowest BCUT2D eigenvalue weighted by atomic mass is 9.49. The van der Waals surface area contributed by atoms with Gasteiger partial charge >= 0.3 is 0 Å². The fraction of sp³-hybridized carbons (Fsp3) is 0.708. The van der Waals surface area contributed by atoms with Crippen LogP contribution in [0.2, 0.25) is 0 Å². The topological polar surface area (TPSA) is 63.2 Å². The van der Waals surface area contributed by atoms with Crippen molar-refractivity contribution in [2.75, 3.05) is 5.32 Å². The first-order valence-corrected chi connectivity index (χ1v) is 13.3. The van der Waals surface area contributed by atoms with Crippen molar-refractivity contribution in [3.05, 3.63) is 29.8 Å². The van der Waals surface area contributed by atoms with Gasteiger partial charge in [-0.3, -0.25) is 4.79 Å². The molecule has 0 heterocycles. The minimum absolute atomic E-state index is 0.0821. The summed E-state index contributed by atoms with van der Waals surface area (Å²) in [4.78, 5) is 13.3. The predicted molar refractivity (Wildman–Crippen MR) is 115 cm³/mol. The fourth-order valence-electron chi connectivity index (χ4n) is 7.17. The highest BCUT2D eigenvalue weighted by Gasteiger charge is 2.54. The third-order valence-corrected chi connectivity index (χ3v) is 10.4. The van der Waals surface area contributed by atoms with Crippen molar-refractivity contribution in [2.45, 2.75) is 81.6 Å². The van der Waals surface area contributed by atoms with Gasteiger partial charge in [0.15, 0.2) is 9.84 Å². The third kappa shape index (κ3) is 3.87. The summed E-state index contributed by atoms with van der Waals surface area (Å²) in [5, 5.41) is 2.98. The van der Waals surface area contributed by atoms with E-state index in [0.717, 1.165) is 80.4 Å². The molecule has 5 heteroatoms. The average Bonchev–Trinajstić information content (AvgIpc) is 2.67. The zero-order valence-corrected chi connectivity index (χ0v) is 18.1. The summed E-state index contributed by atoms with van der Waals surface area (Å²) in [6.07, 6.45) is 11.9. The van der Waals surface area contributed by atoms with E-state index in [1.807, 2.05) is 24.3 Å². The fourth-order valence-corrected chi connectivity index (χ4v) is 9.10. The Kier molecular flexibility index (Phi) is 5.00. The van der Waals surface area contributed by atoms with Gasteiger partial charge in [0, 0.05) is 5.69 Å². The van der Waals surface area contributed by atoms with E-state index in [1.54, 1.807) is 0 Å². The molecule has 0 aliphatic heterocycles. The van der Waals surface area contributed by atoms with E-state index in [4.69, 9.17) is 0 Å². The average molecular weight is 416 g/mol. The number of amides is 1. The number of sulfone groups is 1. The standard InChI is InChI=1S/C24H33NO3S/c26-23(24-13-18-9-19(14-24)11-20(10-18)15-24)25-21-6-4-5-17(12-21)16-29(27,28)22-7-2-1-3-8-22/h4-6,12,18-20,22H,1-3,7-11,13-16H2,(H,25,26). The maximum absolute atomic E-state index is 13.3. The molecule has 5 fully saturated rings. The van der Waals surface area contributed by atoms with Crippen LogP contribution in [0.5, 0.6) is 0 Å². The van der Waals surface area contributed by atoms with Gasteiger partial charge < -0.3 is 5.32 Å². The van der Waals surface area contributed by atoms with Crippen molar-refractivity contribution in [1.82, 2.24) is 0 Å². The molecular formula is C24H33NO3S. The van der Waals surface area contributed by atoms with Crippen LogP contribution < -0.4 is 5.32 Å². The van der Waals surface area contributed by atoms with E-state index in [1.165, 1.54) is 19.3 Å². The van der Waals surface area contributed by atoms with Crippen LogP contribution in [0.4, 0.5) is 5.69 Å². The van der Waals surface area contributed by atoms with E-state index in [-0.39, 0.29) is 22.3 Å².